The van der Waals surface area contributed by atoms with Gasteiger partial charge in [-0.2, -0.15) is 0 Å². The molecule has 0 aromatic rings. The van der Waals surface area contributed by atoms with Gasteiger partial charge >= 0.3 is 0 Å². The van der Waals surface area contributed by atoms with Crippen LogP contribution < -0.4 is 0 Å². The quantitative estimate of drug-likeness (QED) is 0.617. The zero-order valence-electron chi connectivity index (χ0n) is 8.85. The Hall–Kier alpha value is -0.150. The number of nitrogens with zero attached hydrogens (tertiary/aromatic N) is 1. The summed E-state index contributed by atoms with van der Waals surface area (Å²) < 4.78 is 19.5. The van der Waals surface area contributed by atoms with Crippen molar-refractivity contribution < 1.29 is 9.13 Å². The SMILES string of the molecule is CC[C@@]1(F)COCCCN1C(C)C. The highest BCUT2D eigenvalue weighted by Gasteiger charge is 2.38. The van der Waals surface area contributed by atoms with Crippen molar-refractivity contribution in [2.75, 3.05) is 19.8 Å². The number of halogens is 1. The van der Waals surface area contributed by atoms with E-state index in [9.17, 15) is 4.39 Å². The second-order valence-electron chi connectivity index (χ2n) is 3.96. The van der Waals surface area contributed by atoms with Gasteiger partial charge in [0.25, 0.3) is 0 Å². The first-order chi connectivity index (χ1) is 6.10. The molecule has 0 amide bonds. The molecule has 0 radical (unpaired) electrons. The van der Waals surface area contributed by atoms with Gasteiger partial charge < -0.3 is 4.74 Å². The summed E-state index contributed by atoms with van der Waals surface area (Å²) in [6.07, 6.45) is 1.44. The smallest absolute Gasteiger partial charge is 0.187 e. The van der Waals surface area contributed by atoms with Gasteiger partial charge in [-0.05, 0) is 26.7 Å². The standard InChI is InChI=1S/C10H20FNO/c1-4-10(11)8-13-7-5-6-12(10)9(2)3/h9H,4-8H2,1-3H3/t10-/m0/s1. The molecule has 0 aliphatic carbocycles. The molecule has 0 aromatic heterocycles. The minimum atomic E-state index is -1.25. The van der Waals surface area contributed by atoms with E-state index in [1.54, 1.807) is 0 Å². The van der Waals surface area contributed by atoms with E-state index in [0.29, 0.717) is 13.0 Å². The zero-order chi connectivity index (χ0) is 9.90. The number of hydrogen-bond acceptors (Lipinski definition) is 2. The van der Waals surface area contributed by atoms with E-state index < -0.39 is 5.79 Å². The third-order valence-corrected chi connectivity index (χ3v) is 2.69. The molecule has 0 bridgehead atoms. The number of alkyl halides is 1. The summed E-state index contributed by atoms with van der Waals surface area (Å²) >= 11 is 0. The van der Waals surface area contributed by atoms with Crippen LogP contribution in [0.25, 0.3) is 0 Å². The highest BCUT2D eigenvalue weighted by atomic mass is 19.1. The lowest BCUT2D eigenvalue weighted by atomic mass is 10.1. The van der Waals surface area contributed by atoms with E-state index in [2.05, 4.69) is 0 Å². The molecule has 0 aromatic carbocycles. The van der Waals surface area contributed by atoms with Gasteiger partial charge in [0, 0.05) is 19.2 Å². The number of hydrogen-bond donors (Lipinski definition) is 0. The molecule has 1 rings (SSSR count). The zero-order valence-corrected chi connectivity index (χ0v) is 8.85. The molecule has 1 atom stereocenters. The van der Waals surface area contributed by atoms with Crippen molar-refractivity contribution in [1.29, 1.82) is 0 Å². The maximum atomic E-state index is 14.3. The summed E-state index contributed by atoms with van der Waals surface area (Å²) in [4.78, 5) is 1.92. The summed E-state index contributed by atoms with van der Waals surface area (Å²) in [5, 5.41) is 0. The Labute approximate surface area is 80.1 Å². The van der Waals surface area contributed by atoms with Crippen LogP contribution in [-0.4, -0.2) is 36.5 Å². The Morgan fingerprint density at radius 3 is 2.77 bits per heavy atom. The molecule has 78 valence electrons. The van der Waals surface area contributed by atoms with E-state index in [0.717, 1.165) is 13.0 Å². The summed E-state index contributed by atoms with van der Waals surface area (Å²) in [6.45, 7) is 7.67. The minimum Gasteiger partial charge on any atom is -0.377 e. The second-order valence-corrected chi connectivity index (χ2v) is 3.96. The van der Waals surface area contributed by atoms with Crippen LogP contribution >= 0.6 is 0 Å². The molecule has 1 heterocycles. The summed E-state index contributed by atoms with van der Waals surface area (Å²) in [7, 11) is 0. The third-order valence-electron chi connectivity index (χ3n) is 2.69. The van der Waals surface area contributed by atoms with Crippen molar-refractivity contribution in [2.24, 2.45) is 0 Å². The average Bonchev–Trinajstić information content (AvgIpc) is 2.27. The fourth-order valence-electron chi connectivity index (χ4n) is 1.87. The molecule has 2 nitrogen and oxygen atoms in total. The van der Waals surface area contributed by atoms with Gasteiger partial charge in [-0.1, -0.05) is 6.92 Å². The molecular weight excluding hydrogens is 169 g/mol. The van der Waals surface area contributed by atoms with Crippen LogP contribution in [0.4, 0.5) is 4.39 Å². The van der Waals surface area contributed by atoms with Crippen LogP contribution in [0, 0.1) is 0 Å². The average molecular weight is 189 g/mol. The van der Waals surface area contributed by atoms with Crippen LogP contribution in [0.1, 0.15) is 33.6 Å². The molecular formula is C10H20FNO. The maximum Gasteiger partial charge on any atom is 0.187 e. The van der Waals surface area contributed by atoms with Gasteiger partial charge in [0.05, 0.1) is 6.61 Å². The van der Waals surface area contributed by atoms with Crippen molar-refractivity contribution >= 4 is 0 Å². The van der Waals surface area contributed by atoms with Crippen LogP contribution in [0.2, 0.25) is 0 Å². The first-order valence-corrected chi connectivity index (χ1v) is 5.13. The van der Waals surface area contributed by atoms with Crippen LogP contribution in [0.15, 0.2) is 0 Å². The summed E-state index contributed by atoms with van der Waals surface area (Å²) in [6, 6.07) is 0.256. The molecule has 1 aliphatic rings. The van der Waals surface area contributed by atoms with E-state index in [4.69, 9.17) is 4.74 Å². The van der Waals surface area contributed by atoms with E-state index in [1.165, 1.54) is 0 Å². The van der Waals surface area contributed by atoms with E-state index in [1.807, 2.05) is 25.7 Å². The lowest BCUT2D eigenvalue weighted by Crippen LogP contribution is -2.50. The highest BCUT2D eigenvalue weighted by Crippen LogP contribution is 2.27. The summed E-state index contributed by atoms with van der Waals surface area (Å²) in [5.74, 6) is -1.25. The molecule has 13 heavy (non-hydrogen) atoms. The van der Waals surface area contributed by atoms with E-state index >= 15 is 0 Å². The lowest BCUT2D eigenvalue weighted by molar-refractivity contribution is -0.0890. The predicted molar refractivity (Wildman–Crippen MR) is 51.4 cm³/mol. The molecule has 1 saturated heterocycles. The van der Waals surface area contributed by atoms with Crippen LogP contribution in [-0.2, 0) is 4.74 Å². The van der Waals surface area contributed by atoms with Crippen molar-refractivity contribution in [3.05, 3.63) is 0 Å². The molecule has 1 fully saturated rings. The van der Waals surface area contributed by atoms with Gasteiger partial charge in [-0.15, -0.1) is 0 Å². The normalized spacial score (nSPS) is 32.1. The van der Waals surface area contributed by atoms with Gasteiger partial charge in [-0.25, -0.2) is 4.39 Å². The molecule has 0 saturated carbocycles. The first kappa shape index (κ1) is 10.9. The Kier molecular flexibility index (Phi) is 3.68. The predicted octanol–water partition coefficient (Wildman–Crippen LogP) is 2.19. The number of ether oxygens (including phenoxy) is 1. The molecule has 0 unspecified atom stereocenters. The molecule has 0 spiro atoms. The molecule has 1 aliphatic heterocycles. The van der Waals surface area contributed by atoms with E-state index in [-0.39, 0.29) is 12.6 Å². The van der Waals surface area contributed by atoms with Crippen LogP contribution in [0.5, 0.6) is 0 Å². The second kappa shape index (κ2) is 4.38. The molecule has 3 heteroatoms. The fraction of sp³-hybridized carbons (Fsp3) is 1.00. The first-order valence-electron chi connectivity index (χ1n) is 5.13. The van der Waals surface area contributed by atoms with Crippen molar-refractivity contribution in [1.82, 2.24) is 4.90 Å². The van der Waals surface area contributed by atoms with Crippen molar-refractivity contribution in [2.45, 2.75) is 45.4 Å². The van der Waals surface area contributed by atoms with Gasteiger partial charge in [0.2, 0.25) is 0 Å². The minimum absolute atomic E-state index is 0.224. The third kappa shape index (κ3) is 2.41. The molecule has 0 N–H and O–H groups in total. The Bertz CT molecular complexity index is 163. The van der Waals surface area contributed by atoms with Crippen molar-refractivity contribution in [3.8, 4) is 0 Å². The Balaban J connectivity index is 2.72. The van der Waals surface area contributed by atoms with Crippen LogP contribution in [0.3, 0.4) is 0 Å². The maximum absolute atomic E-state index is 14.3. The van der Waals surface area contributed by atoms with Crippen molar-refractivity contribution in [3.63, 3.8) is 0 Å². The Morgan fingerprint density at radius 2 is 2.23 bits per heavy atom. The highest BCUT2D eigenvalue weighted by molar-refractivity contribution is 4.83. The van der Waals surface area contributed by atoms with Gasteiger partial charge in [0.1, 0.15) is 0 Å². The van der Waals surface area contributed by atoms with Gasteiger partial charge in [-0.3, -0.25) is 4.90 Å². The largest absolute Gasteiger partial charge is 0.377 e. The fourth-order valence-corrected chi connectivity index (χ4v) is 1.87. The lowest BCUT2D eigenvalue weighted by Gasteiger charge is -2.37. The topological polar surface area (TPSA) is 12.5 Å². The Morgan fingerprint density at radius 1 is 1.54 bits per heavy atom. The summed E-state index contributed by atoms with van der Waals surface area (Å²) in [5.41, 5.74) is 0. The van der Waals surface area contributed by atoms with Gasteiger partial charge in [0.15, 0.2) is 5.79 Å². The number of rotatable bonds is 2. The monoisotopic (exact) mass is 189 g/mol.